The summed E-state index contributed by atoms with van der Waals surface area (Å²) in [5.74, 6) is -0.720. The second kappa shape index (κ2) is 3.86. The molecule has 0 aromatic carbocycles. The number of aliphatic carboxylic acids is 1. The van der Waals surface area contributed by atoms with Crippen molar-refractivity contribution in [2.24, 2.45) is 5.73 Å². The number of hydrogen-bond donors (Lipinski definition) is 2. The SMILES string of the molecule is COc1cc([C@@H](N)C(=O)O)ccn1. The van der Waals surface area contributed by atoms with E-state index in [4.69, 9.17) is 15.6 Å². The van der Waals surface area contributed by atoms with Gasteiger partial charge in [-0.25, -0.2) is 4.98 Å². The molecule has 0 aliphatic carbocycles. The van der Waals surface area contributed by atoms with Gasteiger partial charge in [0.25, 0.3) is 0 Å². The first kappa shape index (κ1) is 9.47. The van der Waals surface area contributed by atoms with E-state index in [1.165, 1.54) is 19.4 Å². The van der Waals surface area contributed by atoms with Gasteiger partial charge in [-0.15, -0.1) is 0 Å². The molecule has 1 rings (SSSR count). The zero-order valence-corrected chi connectivity index (χ0v) is 7.10. The summed E-state index contributed by atoms with van der Waals surface area (Å²) in [5.41, 5.74) is 5.85. The van der Waals surface area contributed by atoms with E-state index in [9.17, 15) is 4.79 Å². The number of nitrogens with two attached hydrogens (primary N) is 1. The summed E-state index contributed by atoms with van der Waals surface area (Å²) in [7, 11) is 1.46. The summed E-state index contributed by atoms with van der Waals surface area (Å²) < 4.78 is 4.83. The van der Waals surface area contributed by atoms with Gasteiger partial charge in [-0.2, -0.15) is 0 Å². The largest absolute Gasteiger partial charge is 0.481 e. The van der Waals surface area contributed by atoms with Crippen LogP contribution in [0.2, 0.25) is 0 Å². The highest BCUT2D eigenvalue weighted by atomic mass is 16.5. The fraction of sp³-hybridized carbons (Fsp3) is 0.250. The van der Waals surface area contributed by atoms with E-state index < -0.39 is 12.0 Å². The molecular weight excluding hydrogens is 172 g/mol. The van der Waals surface area contributed by atoms with Gasteiger partial charge in [0.15, 0.2) is 0 Å². The Bertz CT molecular complexity index is 314. The van der Waals surface area contributed by atoms with E-state index in [0.717, 1.165) is 0 Å². The van der Waals surface area contributed by atoms with Gasteiger partial charge in [0.05, 0.1) is 7.11 Å². The highest BCUT2D eigenvalue weighted by Gasteiger charge is 2.14. The van der Waals surface area contributed by atoms with Crippen LogP contribution in [-0.2, 0) is 4.79 Å². The zero-order chi connectivity index (χ0) is 9.84. The van der Waals surface area contributed by atoms with Crippen molar-refractivity contribution in [3.63, 3.8) is 0 Å². The van der Waals surface area contributed by atoms with Gasteiger partial charge in [-0.05, 0) is 11.6 Å². The molecule has 0 aliphatic rings. The van der Waals surface area contributed by atoms with Gasteiger partial charge in [0, 0.05) is 12.3 Å². The van der Waals surface area contributed by atoms with Crippen molar-refractivity contribution in [1.29, 1.82) is 0 Å². The number of carboxylic acid groups (broad SMARTS) is 1. The maximum atomic E-state index is 10.5. The van der Waals surface area contributed by atoms with Crippen LogP contribution in [0.4, 0.5) is 0 Å². The van der Waals surface area contributed by atoms with Crippen LogP contribution in [-0.4, -0.2) is 23.2 Å². The zero-order valence-electron chi connectivity index (χ0n) is 7.10. The predicted octanol–water partition coefficient (Wildman–Crippen LogP) is 0.175. The third-order valence-corrected chi connectivity index (χ3v) is 1.59. The number of methoxy groups -OCH3 is 1. The quantitative estimate of drug-likeness (QED) is 0.696. The number of hydrogen-bond acceptors (Lipinski definition) is 4. The second-order valence-corrected chi connectivity index (χ2v) is 2.45. The molecule has 0 fully saturated rings. The fourth-order valence-electron chi connectivity index (χ4n) is 0.872. The van der Waals surface area contributed by atoms with Crippen LogP contribution in [0, 0.1) is 0 Å². The molecule has 0 bridgehead atoms. The average molecular weight is 182 g/mol. The molecule has 70 valence electrons. The van der Waals surface area contributed by atoms with Gasteiger partial charge in [0.1, 0.15) is 6.04 Å². The Labute approximate surface area is 75.2 Å². The average Bonchev–Trinajstić information content (AvgIpc) is 2.16. The van der Waals surface area contributed by atoms with E-state index >= 15 is 0 Å². The van der Waals surface area contributed by atoms with Crippen LogP contribution in [0.1, 0.15) is 11.6 Å². The van der Waals surface area contributed by atoms with E-state index in [0.29, 0.717) is 11.4 Å². The Balaban J connectivity index is 2.94. The second-order valence-electron chi connectivity index (χ2n) is 2.45. The molecule has 1 atom stereocenters. The van der Waals surface area contributed by atoms with Crippen molar-refractivity contribution in [3.8, 4) is 5.88 Å². The molecule has 0 unspecified atom stereocenters. The number of nitrogens with zero attached hydrogens (tertiary/aromatic N) is 1. The molecule has 1 heterocycles. The van der Waals surface area contributed by atoms with Crippen molar-refractivity contribution in [3.05, 3.63) is 23.9 Å². The molecule has 0 radical (unpaired) electrons. The number of rotatable bonds is 3. The minimum atomic E-state index is -1.08. The molecule has 0 spiro atoms. The number of carboxylic acids is 1. The van der Waals surface area contributed by atoms with E-state index in [1.54, 1.807) is 6.07 Å². The molecule has 0 amide bonds. The third-order valence-electron chi connectivity index (χ3n) is 1.59. The normalized spacial score (nSPS) is 12.2. The van der Waals surface area contributed by atoms with Crippen molar-refractivity contribution in [1.82, 2.24) is 4.98 Å². The first-order valence-corrected chi connectivity index (χ1v) is 3.63. The van der Waals surface area contributed by atoms with Gasteiger partial charge in [0.2, 0.25) is 5.88 Å². The molecule has 0 aliphatic heterocycles. The maximum Gasteiger partial charge on any atom is 0.325 e. The van der Waals surface area contributed by atoms with E-state index in [2.05, 4.69) is 4.98 Å². The van der Waals surface area contributed by atoms with E-state index in [1.807, 2.05) is 0 Å². The molecule has 1 aromatic heterocycles. The number of ether oxygens (including phenoxy) is 1. The van der Waals surface area contributed by atoms with Gasteiger partial charge in [-0.1, -0.05) is 0 Å². The summed E-state index contributed by atoms with van der Waals surface area (Å²) in [4.78, 5) is 14.3. The molecule has 0 saturated carbocycles. The topological polar surface area (TPSA) is 85.4 Å². The highest BCUT2D eigenvalue weighted by Crippen LogP contribution is 2.14. The Morgan fingerprint density at radius 3 is 3.00 bits per heavy atom. The minimum Gasteiger partial charge on any atom is -0.481 e. The summed E-state index contributed by atoms with van der Waals surface area (Å²) in [5, 5.41) is 8.61. The third kappa shape index (κ3) is 2.16. The first-order chi connectivity index (χ1) is 6.15. The summed E-state index contributed by atoms with van der Waals surface area (Å²) in [6.45, 7) is 0. The van der Waals surface area contributed by atoms with Crippen LogP contribution >= 0.6 is 0 Å². The van der Waals surface area contributed by atoms with Gasteiger partial charge < -0.3 is 15.6 Å². The smallest absolute Gasteiger partial charge is 0.325 e. The molecule has 5 heteroatoms. The monoisotopic (exact) mass is 182 g/mol. The standard InChI is InChI=1S/C8H10N2O3/c1-13-6-4-5(2-3-10-6)7(9)8(11)12/h2-4,7H,9H2,1H3,(H,11,12)/t7-/m1/s1. The Kier molecular flexibility index (Phi) is 2.81. The van der Waals surface area contributed by atoms with Crippen LogP contribution < -0.4 is 10.5 Å². The molecule has 1 aromatic rings. The molecular formula is C8H10N2O3. The van der Waals surface area contributed by atoms with Crippen molar-refractivity contribution < 1.29 is 14.6 Å². The summed E-state index contributed by atoms with van der Waals surface area (Å²) in [6, 6.07) is 2.01. The summed E-state index contributed by atoms with van der Waals surface area (Å²) >= 11 is 0. The Hall–Kier alpha value is -1.62. The van der Waals surface area contributed by atoms with Gasteiger partial charge >= 0.3 is 5.97 Å². The number of carbonyl (C=O) groups is 1. The highest BCUT2D eigenvalue weighted by molar-refractivity contribution is 5.75. The van der Waals surface area contributed by atoms with E-state index in [-0.39, 0.29) is 0 Å². The first-order valence-electron chi connectivity index (χ1n) is 3.63. The van der Waals surface area contributed by atoms with Crippen LogP contribution in [0.3, 0.4) is 0 Å². The van der Waals surface area contributed by atoms with Crippen molar-refractivity contribution >= 4 is 5.97 Å². The molecule has 0 saturated heterocycles. The Morgan fingerprint density at radius 2 is 2.46 bits per heavy atom. The lowest BCUT2D eigenvalue weighted by Crippen LogP contribution is -2.20. The summed E-state index contributed by atoms with van der Waals surface area (Å²) in [6.07, 6.45) is 1.46. The van der Waals surface area contributed by atoms with Gasteiger partial charge in [-0.3, -0.25) is 4.79 Å². The lowest BCUT2D eigenvalue weighted by molar-refractivity contribution is -0.138. The Morgan fingerprint density at radius 1 is 1.77 bits per heavy atom. The van der Waals surface area contributed by atoms with Crippen LogP contribution in [0.5, 0.6) is 5.88 Å². The van der Waals surface area contributed by atoms with Crippen LogP contribution in [0.25, 0.3) is 0 Å². The maximum absolute atomic E-state index is 10.5. The van der Waals surface area contributed by atoms with Crippen molar-refractivity contribution in [2.75, 3.05) is 7.11 Å². The number of aromatic nitrogens is 1. The molecule has 3 N–H and O–H groups in total. The molecule has 13 heavy (non-hydrogen) atoms. The lowest BCUT2D eigenvalue weighted by atomic mass is 10.1. The van der Waals surface area contributed by atoms with Crippen LogP contribution in [0.15, 0.2) is 18.3 Å². The fourth-order valence-corrected chi connectivity index (χ4v) is 0.872. The minimum absolute atomic E-state index is 0.356. The predicted molar refractivity (Wildman–Crippen MR) is 45.4 cm³/mol. The van der Waals surface area contributed by atoms with Crippen molar-refractivity contribution in [2.45, 2.75) is 6.04 Å². The molecule has 5 nitrogen and oxygen atoms in total. The number of pyridine rings is 1. The lowest BCUT2D eigenvalue weighted by Gasteiger charge is -2.06.